The van der Waals surface area contributed by atoms with Crippen LogP contribution in [0.1, 0.15) is 11.4 Å². The van der Waals surface area contributed by atoms with E-state index in [9.17, 15) is 4.39 Å². The van der Waals surface area contributed by atoms with E-state index in [0.717, 1.165) is 11.4 Å². The van der Waals surface area contributed by atoms with Crippen molar-refractivity contribution in [1.82, 2.24) is 19.7 Å². The van der Waals surface area contributed by atoms with Gasteiger partial charge in [0.15, 0.2) is 0 Å². The molecule has 0 bridgehead atoms. The average molecular weight is 299 g/mol. The predicted octanol–water partition coefficient (Wildman–Crippen LogP) is 2.35. The van der Waals surface area contributed by atoms with Gasteiger partial charge in [0.25, 0.3) is 5.95 Å². The van der Waals surface area contributed by atoms with Crippen LogP contribution in [0, 0.1) is 12.7 Å². The van der Waals surface area contributed by atoms with Gasteiger partial charge in [-0.3, -0.25) is 0 Å². The third-order valence-electron chi connectivity index (χ3n) is 2.97. The molecule has 0 aliphatic heterocycles. The molecule has 3 rings (SSSR count). The number of hydrogen-bond donors (Lipinski definition) is 2. The van der Waals surface area contributed by atoms with Gasteiger partial charge in [-0.25, -0.2) is 14.1 Å². The molecule has 0 spiro atoms. The fourth-order valence-corrected chi connectivity index (χ4v) is 1.96. The van der Waals surface area contributed by atoms with Gasteiger partial charge in [0, 0.05) is 23.6 Å². The largest absolute Gasteiger partial charge is 0.390 e. The first-order valence-corrected chi connectivity index (χ1v) is 6.68. The van der Waals surface area contributed by atoms with Crippen LogP contribution in [0.3, 0.4) is 0 Å². The van der Waals surface area contributed by atoms with E-state index in [1.165, 1.54) is 16.8 Å². The quantitative estimate of drug-likeness (QED) is 0.773. The molecule has 0 atom stereocenters. The smallest absolute Gasteiger partial charge is 0.252 e. The Labute approximate surface area is 126 Å². The Hall–Kier alpha value is -2.80. The minimum absolute atomic E-state index is 0.139. The molecule has 7 heteroatoms. The van der Waals surface area contributed by atoms with Crippen LogP contribution in [0.25, 0.3) is 5.95 Å². The Balaban J connectivity index is 1.90. The molecule has 6 nitrogen and oxygen atoms in total. The summed E-state index contributed by atoms with van der Waals surface area (Å²) >= 11 is 0. The highest BCUT2D eigenvalue weighted by Gasteiger charge is 2.07. The number of halogens is 1. The summed E-state index contributed by atoms with van der Waals surface area (Å²) in [6.07, 6.45) is 1.68. The second-order valence-electron chi connectivity index (χ2n) is 4.74. The van der Waals surface area contributed by atoms with Gasteiger partial charge in [-0.2, -0.15) is 10.1 Å². The molecule has 0 saturated carbocycles. The number of rotatable bonds is 4. The number of nitrogens with one attached hydrogen (secondary N) is 1. The Morgan fingerprint density at radius 3 is 2.64 bits per heavy atom. The van der Waals surface area contributed by atoms with Gasteiger partial charge in [0.05, 0.1) is 12.3 Å². The maximum atomic E-state index is 12.9. The van der Waals surface area contributed by atoms with Gasteiger partial charge in [0.2, 0.25) is 0 Å². The summed E-state index contributed by atoms with van der Waals surface area (Å²) in [6.45, 7) is 1.71. The first-order chi connectivity index (χ1) is 10.6. The molecule has 0 aliphatic rings. The van der Waals surface area contributed by atoms with Gasteiger partial charge in [-0.05, 0) is 37.3 Å². The maximum Gasteiger partial charge on any atom is 0.252 e. The molecule has 3 aromatic rings. The molecular formula is C15H14FN5O. The lowest BCUT2D eigenvalue weighted by Gasteiger charge is -2.08. The van der Waals surface area contributed by atoms with E-state index in [4.69, 9.17) is 5.11 Å². The number of hydrogen-bond acceptors (Lipinski definition) is 5. The summed E-state index contributed by atoms with van der Waals surface area (Å²) in [6, 6.07) is 9.48. The minimum atomic E-state index is -0.293. The lowest BCUT2D eigenvalue weighted by atomic mass is 10.3. The standard InChI is InChI=1S/C15H14FN5O/c1-10-8-14(18-12-4-2-11(16)3-5-12)19-15(17-10)21-7-6-13(9-22)20-21/h2-8,22H,9H2,1H3,(H,17,18,19). The summed E-state index contributed by atoms with van der Waals surface area (Å²) in [4.78, 5) is 8.69. The molecule has 0 saturated heterocycles. The lowest BCUT2D eigenvalue weighted by Crippen LogP contribution is -2.06. The highest BCUT2D eigenvalue weighted by Crippen LogP contribution is 2.17. The molecular weight excluding hydrogens is 285 g/mol. The zero-order valence-electron chi connectivity index (χ0n) is 11.9. The molecule has 2 heterocycles. The highest BCUT2D eigenvalue weighted by molar-refractivity contribution is 5.56. The second kappa shape index (κ2) is 5.90. The number of nitrogens with zero attached hydrogens (tertiary/aromatic N) is 4. The van der Waals surface area contributed by atoms with Gasteiger partial charge < -0.3 is 10.4 Å². The molecule has 0 radical (unpaired) electrons. The van der Waals surface area contributed by atoms with Crippen LogP contribution < -0.4 is 5.32 Å². The predicted molar refractivity (Wildman–Crippen MR) is 79.5 cm³/mol. The summed E-state index contributed by atoms with van der Waals surface area (Å²) in [5, 5.41) is 16.3. The molecule has 22 heavy (non-hydrogen) atoms. The van der Waals surface area contributed by atoms with Crippen LogP contribution in [-0.4, -0.2) is 24.9 Å². The average Bonchev–Trinajstić information content (AvgIpc) is 2.98. The van der Waals surface area contributed by atoms with Gasteiger partial charge in [0.1, 0.15) is 11.6 Å². The fraction of sp³-hybridized carbons (Fsp3) is 0.133. The molecule has 0 amide bonds. The minimum Gasteiger partial charge on any atom is -0.390 e. The van der Waals surface area contributed by atoms with Crippen molar-refractivity contribution in [3.8, 4) is 5.95 Å². The van der Waals surface area contributed by atoms with Crippen LogP contribution in [-0.2, 0) is 6.61 Å². The number of aromatic nitrogens is 4. The fourth-order valence-electron chi connectivity index (χ4n) is 1.96. The SMILES string of the molecule is Cc1cc(Nc2ccc(F)cc2)nc(-n2ccc(CO)n2)n1. The molecule has 2 N–H and O–H groups in total. The maximum absolute atomic E-state index is 12.9. The van der Waals surface area contributed by atoms with Crippen LogP contribution in [0.2, 0.25) is 0 Å². The van der Waals surface area contributed by atoms with E-state index in [1.54, 1.807) is 30.5 Å². The van der Waals surface area contributed by atoms with Gasteiger partial charge in [-0.15, -0.1) is 0 Å². The van der Waals surface area contributed by atoms with E-state index in [1.807, 2.05) is 6.92 Å². The summed E-state index contributed by atoms with van der Waals surface area (Å²) in [5.41, 5.74) is 2.02. The highest BCUT2D eigenvalue weighted by atomic mass is 19.1. The Morgan fingerprint density at radius 1 is 1.18 bits per heavy atom. The van der Waals surface area contributed by atoms with Crippen LogP contribution >= 0.6 is 0 Å². The van der Waals surface area contributed by atoms with Crippen molar-refractivity contribution in [3.05, 3.63) is 59.8 Å². The molecule has 2 aromatic heterocycles. The number of benzene rings is 1. The molecule has 1 aromatic carbocycles. The van der Waals surface area contributed by atoms with E-state index < -0.39 is 0 Å². The number of aryl methyl sites for hydroxylation is 1. The second-order valence-corrected chi connectivity index (χ2v) is 4.74. The van der Waals surface area contributed by atoms with Gasteiger partial charge >= 0.3 is 0 Å². The summed E-state index contributed by atoms with van der Waals surface area (Å²) < 4.78 is 14.4. The van der Waals surface area contributed by atoms with Crippen molar-refractivity contribution in [2.75, 3.05) is 5.32 Å². The normalized spacial score (nSPS) is 10.7. The molecule has 0 unspecified atom stereocenters. The third-order valence-corrected chi connectivity index (χ3v) is 2.97. The third kappa shape index (κ3) is 3.09. The monoisotopic (exact) mass is 299 g/mol. The van der Waals surface area contributed by atoms with Gasteiger partial charge in [-0.1, -0.05) is 0 Å². The first-order valence-electron chi connectivity index (χ1n) is 6.68. The number of aliphatic hydroxyl groups excluding tert-OH is 1. The van der Waals surface area contributed by atoms with Crippen LogP contribution in [0.15, 0.2) is 42.6 Å². The topological polar surface area (TPSA) is 75.9 Å². The first kappa shape index (κ1) is 14.2. The molecule has 0 aliphatic carbocycles. The Morgan fingerprint density at radius 2 is 1.95 bits per heavy atom. The summed E-state index contributed by atoms with van der Waals surface area (Å²) in [5.74, 6) is 0.678. The Bertz CT molecular complexity index is 785. The zero-order chi connectivity index (χ0) is 15.5. The Kier molecular flexibility index (Phi) is 3.80. The zero-order valence-corrected chi connectivity index (χ0v) is 11.9. The van der Waals surface area contributed by atoms with Crippen molar-refractivity contribution in [3.63, 3.8) is 0 Å². The van der Waals surface area contributed by atoms with E-state index in [0.29, 0.717) is 17.5 Å². The number of aliphatic hydroxyl groups is 1. The molecule has 112 valence electrons. The lowest BCUT2D eigenvalue weighted by molar-refractivity contribution is 0.276. The number of anilines is 2. The van der Waals surface area contributed by atoms with E-state index in [2.05, 4.69) is 20.4 Å². The van der Waals surface area contributed by atoms with E-state index >= 15 is 0 Å². The van der Waals surface area contributed by atoms with Crippen LogP contribution in [0.5, 0.6) is 0 Å². The van der Waals surface area contributed by atoms with Crippen molar-refractivity contribution < 1.29 is 9.50 Å². The van der Waals surface area contributed by atoms with Crippen molar-refractivity contribution >= 4 is 11.5 Å². The van der Waals surface area contributed by atoms with Crippen molar-refractivity contribution in [1.29, 1.82) is 0 Å². The molecule has 0 fully saturated rings. The van der Waals surface area contributed by atoms with E-state index in [-0.39, 0.29) is 12.4 Å². The van der Waals surface area contributed by atoms with Crippen LogP contribution in [0.4, 0.5) is 15.9 Å². The summed E-state index contributed by atoms with van der Waals surface area (Å²) in [7, 11) is 0. The van der Waals surface area contributed by atoms with Crippen molar-refractivity contribution in [2.45, 2.75) is 13.5 Å². The van der Waals surface area contributed by atoms with Crippen molar-refractivity contribution in [2.24, 2.45) is 0 Å².